The number of amides is 1. The van der Waals surface area contributed by atoms with Crippen molar-refractivity contribution < 1.29 is 14.5 Å². The van der Waals surface area contributed by atoms with Crippen LogP contribution in [0.1, 0.15) is 23.7 Å². The quantitative estimate of drug-likeness (QED) is 0.390. The smallest absolute Gasteiger partial charge is 0.294 e. The van der Waals surface area contributed by atoms with E-state index in [4.69, 9.17) is 10.6 Å². The van der Waals surface area contributed by atoms with E-state index in [1.165, 1.54) is 25.3 Å². The lowest BCUT2D eigenvalue weighted by Gasteiger charge is -2.17. The van der Waals surface area contributed by atoms with Gasteiger partial charge in [0.05, 0.1) is 23.1 Å². The first-order valence-corrected chi connectivity index (χ1v) is 6.08. The van der Waals surface area contributed by atoms with E-state index in [1.54, 1.807) is 0 Å². The Kier molecular flexibility index (Phi) is 5.88. The maximum Gasteiger partial charge on any atom is 0.294 e. The van der Waals surface area contributed by atoms with Crippen molar-refractivity contribution >= 4 is 17.3 Å². The first-order valence-electron chi connectivity index (χ1n) is 6.08. The molecule has 1 aromatic carbocycles. The Morgan fingerprint density at radius 2 is 2.25 bits per heavy atom. The Labute approximate surface area is 116 Å². The van der Waals surface area contributed by atoms with Crippen LogP contribution in [0.5, 0.6) is 0 Å². The van der Waals surface area contributed by atoms with Gasteiger partial charge in [0.1, 0.15) is 5.69 Å². The molecule has 1 atom stereocenters. The second-order valence-corrected chi connectivity index (χ2v) is 4.14. The number of carbonyl (C=O) groups excluding carboxylic acids is 1. The summed E-state index contributed by atoms with van der Waals surface area (Å²) >= 11 is 0. The molecule has 110 valence electrons. The molecule has 4 N–H and O–H groups in total. The van der Waals surface area contributed by atoms with Crippen LogP contribution < -0.4 is 16.6 Å². The fraction of sp³-hybridized carbons (Fsp3) is 0.417. The lowest BCUT2D eigenvalue weighted by atomic mass is 10.1. The molecular formula is C12H18N4O4. The van der Waals surface area contributed by atoms with Crippen LogP contribution in [0.3, 0.4) is 0 Å². The zero-order valence-corrected chi connectivity index (χ0v) is 11.4. The SMILES string of the molecule is CCC(COC)NC(=O)c1cccc([N+](=O)[O-])c1NN. The number of para-hydroxylation sites is 1. The Morgan fingerprint density at radius 3 is 2.75 bits per heavy atom. The van der Waals surface area contributed by atoms with Gasteiger partial charge >= 0.3 is 0 Å². The molecule has 0 aromatic heterocycles. The predicted molar refractivity (Wildman–Crippen MR) is 74.3 cm³/mol. The first kappa shape index (κ1) is 15.9. The standard InChI is InChI=1S/C12H18N4O4/c1-3-8(7-20-2)14-12(17)9-5-4-6-10(16(18)19)11(9)15-13/h4-6,8,15H,3,7,13H2,1-2H3,(H,14,17). The van der Waals surface area contributed by atoms with E-state index < -0.39 is 10.8 Å². The molecule has 0 saturated heterocycles. The number of rotatable bonds is 7. The van der Waals surface area contributed by atoms with Gasteiger partial charge in [-0.3, -0.25) is 20.8 Å². The number of methoxy groups -OCH3 is 1. The van der Waals surface area contributed by atoms with E-state index in [9.17, 15) is 14.9 Å². The number of carbonyl (C=O) groups is 1. The van der Waals surface area contributed by atoms with Gasteiger partial charge in [-0.1, -0.05) is 13.0 Å². The zero-order valence-electron chi connectivity index (χ0n) is 11.4. The highest BCUT2D eigenvalue weighted by Crippen LogP contribution is 2.27. The van der Waals surface area contributed by atoms with E-state index in [2.05, 4.69) is 10.7 Å². The minimum atomic E-state index is -0.599. The van der Waals surface area contributed by atoms with Crippen molar-refractivity contribution in [3.8, 4) is 0 Å². The van der Waals surface area contributed by atoms with Gasteiger partial charge in [0.2, 0.25) is 0 Å². The Hall–Kier alpha value is -2.19. The predicted octanol–water partition coefficient (Wildman–Crippen LogP) is 1.04. The van der Waals surface area contributed by atoms with Crippen molar-refractivity contribution in [1.29, 1.82) is 0 Å². The average molecular weight is 282 g/mol. The van der Waals surface area contributed by atoms with Gasteiger partial charge in [0, 0.05) is 13.2 Å². The number of nitro benzene ring substituents is 1. The van der Waals surface area contributed by atoms with Crippen molar-refractivity contribution in [3.63, 3.8) is 0 Å². The first-order chi connectivity index (χ1) is 9.54. The van der Waals surface area contributed by atoms with Crippen molar-refractivity contribution in [3.05, 3.63) is 33.9 Å². The molecule has 1 unspecified atom stereocenters. The van der Waals surface area contributed by atoms with Gasteiger partial charge in [0.15, 0.2) is 0 Å². The van der Waals surface area contributed by atoms with E-state index in [1.807, 2.05) is 6.92 Å². The number of nitrogens with zero attached hydrogens (tertiary/aromatic N) is 1. The van der Waals surface area contributed by atoms with E-state index in [0.29, 0.717) is 13.0 Å². The molecule has 0 aliphatic carbocycles. The fourth-order valence-corrected chi connectivity index (χ4v) is 1.76. The number of anilines is 1. The summed E-state index contributed by atoms with van der Waals surface area (Å²) in [5.41, 5.74) is 2.08. The molecule has 0 spiro atoms. The van der Waals surface area contributed by atoms with Crippen molar-refractivity contribution in [2.45, 2.75) is 19.4 Å². The molecule has 1 amide bonds. The van der Waals surface area contributed by atoms with Gasteiger partial charge in [-0.15, -0.1) is 0 Å². The molecule has 8 heteroatoms. The summed E-state index contributed by atoms with van der Waals surface area (Å²) in [4.78, 5) is 22.5. The molecule has 0 aliphatic rings. The summed E-state index contributed by atoms with van der Waals surface area (Å²) in [6.45, 7) is 2.27. The van der Waals surface area contributed by atoms with Gasteiger partial charge in [-0.2, -0.15) is 0 Å². The van der Waals surface area contributed by atoms with Crippen LogP contribution in [0.2, 0.25) is 0 Å². The number of nitro groups is 1. The molecule has 20 heavy (non-hydrogen) atoms. The second-order valence-electron chi connectivity index (χ2n) is 4.14. The highest BCUT2D eigenvalue weighted by molar-refractivity contribution is 6.01. The van der Waals surface area contributed by atoms with Crippen LogP contribution in [-0.2, 0) is 4.74 Å². The van der Waals surface area contributed by atoms with E-state index in [0.717, 1.165) is 0 Å². The molecular weight excluding hydrogens is 264 g/mol. The Bertz CT molecular complexity index is 492. The third-order valence-corrected chi connectivity index (χ3v) is 2.82. The maximum atomic E-state index is 12.2. The minimum absolute atomic E-state index is 0.0118. The molecule has 0 heterocycles. The number of benzene rings is 1. The van der Waals surface area contributed by atoms with E-state index in [-0.39, 0.29) is 23.0 Å². The second kappa shape index (κ2) is 7.41. The summed E-state index contributed by atoms with van der Waals surface area (Å²) in [6.07, 6.45) is 0.680. The van der Waals surface area contributed by atoms with Crippen LogP contribution in [0.15, 0.2) is 18.2 Å². The molecule has 0 aliphatic heterocycles. The van der Waals surface area contributed by atoms with Gasteiger partial charge in [0.25, 0.3) is 11.6 Å². The number of ether oxygens (including phenoxy) is 1. The normalized spacial score (nSPS) is 11.8. The van der Waals surface area contributed by atoms with E-state index >= 15 is 0 Å². The third-order valence-electron chi connectivity index (χ3n) is 2.82. The van der Waals surface area contributed by atoms with Crippen molar-refractivity contribution in [2.75, 3.05) is 19.1 Å². The lowest BCUT2D eigenvalue weighted by Crippen LogP contribution is -2.38. The number of nitrogens with two attached hydrogens (primary N) is 1. The summed E-state index contributed by atoms with van der Waals surface area (Å²) in [6, 6.07) is 4.01. The molecule has 8 nitrogen and oxygen atoms in total. The van der Waals surface area contributed by atoms with Crippen LogP contribution in [0.4, 0.5) is 11.4 Å². The lowest BCUT2D eigenvalue weighted by molar-refractivity contribution is -0.384. The van der Waals surface area contributed by atoms with Crippen molar-refractivity contribution in [2.24, 2.45) is 5.84 Å². The largest absolute Gasteiger partial charge is 0.383 e. The average Bonchev–Trinajstić information content (AvgIpc) is 2.45. The van der Waals surface area contributed by atoms with Crippen LogP contribution in [0.25, 0.3) is 0 Å². The Balaban J connectivity index is 3.03. The van der Waals surface area contributed by atoms with Crippen LogP contribution in [0, 0.1) is 10.1 Å². The summed E-state index contributed by atoms with van der Waals surface area (Å²) < 4.78 is 4.99. The third kappa shape index (κ3) is 3.65. The van der Waals surface area contributed by atoms with Gasteiger partial charge in [-0.05, 0) is 12.5 Å². The monoisotopic (exact) mass is 282 g/mol. The zero-order chi connectivity index (χ0) is 15.1. The number of nitrogen functional groups attached to an aromatic ring is 1. The summed E-state index contributed by atoms with van der Waals surface area (Å²) in [5.74, 6) is 4.85. The number of nitrogens with one attached hydrogen (secondary N) is 2. The Morgan fingerprint density at radius 1 is 1.55 bits per heavy atom. The maximum absolute atomic E-state index is 12.2. The highest BCUT2D eigenvalue weighted by Gasteiger charge is 2.22. The highest BCUT2D eigenvalue weighted by atomic mass is 16.6. The molecule has 1 rings (SSSR count). The fourth-order valence-electron chi connectivity index (χ4n) is 1.76. The molecule has 0 bridgehead atoms. The number of hydrazine groups is 1. The molecule has 1 aromatic rings. The van der Waals surface area contributed by atoms with Crippen LogP contribution >= 0.6 is 0 Å². The number of hydrogen-bond acceptors (Lipinski definition) is 6. The van der Waals surface area contributed by atoms with Gasteiger partial charge in [-0.25, -0.2) is 0 Å². The molecule has 0 fully saturated rings. The van der Waals surface area contributed by atoms with Crippen molar-refractivity contribution in [1.82, 2.24) is 5.32 Å². The molecule has 0 radical (unpaired) electrons. The topological polar surface area (TPSA) is 120 Å². The van der Waals surface area contributed by atoms with Gasteiger partial charge < -0.3 is 15.5 Å². The molecule has 0 saturated carbocycles. The minimum Gasteiger partial charge on any atom is -0.383 e. The summed E-state index contributed by atoms with van der Waals surface area (Å²) in [5, 5.41) is 13.6. The summed E-state index contributed by atoms with van der Waals surface area (Å²) in [7, 11) is 1.54. The van der Waals surface area contributed by atoms with Crippen LogP contribution in [-0.4, -0.2) is 30.6 Å². The number of hydrogen-bond donors (Lipinski definition) is 3.